The van der Waals surface area contributed by atoms with Crippen LogP contribution in [0.1, 0.15) is 0 Å². The van der Waals surface area contributed by atoms with Crippen molar-refractivity contribution in [1.82, 2.24) is 0 Å². The molecule has 0 amide bonds. The van der Waals surface area contributed by atoms with Gasteiger partial charge in [0.15, 0.2) is 0 Å². The van der Waals surface area contributed by atoms with Crippen molar-refractivity contribution < 1.29 is 4.42 Å². The lowest BCUT2D eigenvalue weighted by molar-refractivity contribution is 0.669. The lowest BCUT2D eigenvalue weighted by Crippen LogP contribution is -2.09. The van der Waals surface area contributed by atoms with Gasteiger partial charge >= 0.3 is 0 Å². The van der Waals surface area contributed by atoms with Crippen molar-refractivity contribution in [3.63, 3.8) is 0 Å². The molecule has 0 N–H and O–H groups in total. The summed E-state index contributed by atoms with van der Waals surface area (Å²) in [4.78, 5) is 2.31. The second kappa shape index (κ2) is 10.8. The van der Waals surface area contributed by atoms with Crippen molar-refractivity contribution in [3.8, 4) is 22.3 Å². The molecule has 0 bridgehead atoms. The molecule has 0 aliphatic carbocycles. The molecule has 1 aromatic heterocycles. The number of hydrogen-bond donors (Lipinski definition) is 0. The second-order valence-corrected chi connectivity index (χ2v) is 11.8. The average molecular weight is 588 g/mol. The first-order chi connectivity index (χ1) is 22.8. The number of para-hydroxylation sites is 1. The van der Waals surface area contributed by atoms with Crippen LogP contribution in [0.25, 0.3) is 65.7 Å². The highest BCUT2D eigenvalue weighted by atomic mass is 16.3. The first-order valence-corrected chi connectivity index (χ1v) is 15.7. The average Bonchev–Trinajstić information content (AvgIpc) is 3.50. The molecule has 0 spiro atoms. The third-order valence-corrected chi connectivity index (χ3v) is 9.06. The van der Waals surface area contributed by atoms with Crippen molar-refractivity contribution in [3.05, 3.63) is 176 Å². The van der Waals surface area contributed by atoms with Gasteiger partial charge in [-0.1, -0.05) is 121 Å². The minimum absolute atomic E-state index is 0.879. The van der Waals surface area contributed by atoms with E-state index in [4.69, 9.17) is 4.42 Å². The molecular formula is C44H29NO. The highest BCUT2D eigenvalue weighted by Crippen LogP contribution is 2.41. The summed E-state index contributed by atoms with van der Waals surface area (Å²) < 4.78 is 6.32. The fraction of sp³-hybridized carbons (Fsp3) is 0. The summed E-state index contributed by atoms with van der Waals surface area (Å²) in [5.41, 5.74) is 9.82. The maximum atomic E-state index is 6.32. The normalized spacial score (nSPS) is 11.5. The SMILES string of the molecule is c1ccc(-c2ccc(N(c3ccc(-c4cc5ccccc5c5ccccc45)cc3)c3ccc4c(c3)oc3ccccc34)cc2)cc1. The van der Waals surface area contributed by atoms with Gasteiger partial charge in [0.1, 0.15) is 11.2 Å². The molecule has 216 valence electrons. The number of hydrogen-bond acceptors (Lipinski definition) is 2. The summed E-state index contributed by atoms with van der Waals surface area (Å²) in [6, 6.07) is 62.7. The molecule has 2 nitrogen and oxygen atoms in total. The second-order valence-electron chi connectivity index (χ2n) is 11.8. The maximum Gasteiger partial charge on any atom is 0.137 e. The van der Waals surface area contributed by atoms with Crippen LogP contribution in [0.5, 0.6) is 0 Å². The molecule has 0 saturated heterocycles. The first kappa shape index (κ1) is 26.3. The van der Waals surface area contributed by atoms with Crippen molar-refractivity contribution in [2.75, 3.05) is 4.90 Å². The number of nitrogens with zero attached hydrogens (tertiary/aromatic N) is 1. The van der Waals surface area contributed by atoms with E-state index in [1.54, 1.807) is 0 Å². The molecule has 0 unspecified atom stereocenters. The van der Waals surface area contributed by atoms with Crippen LogP contribution >= 0.6 is 0 Å². The van der Waals surface area contributed by atoms with Gasteiger partial charge in [0, 0.05) is 33.9 Å². The summed E-state index contributed by atoms with van der Waals surface area (Å²) >= 11 is 0. The Morgan fingerprint density at radius 3 is 1.63 bits per heavy atom. The molecule has 46 heavy (non-hydrogen) atoms. The minimum atomic E-state index is 0.879. The molecule has 0 aliphatic heterocycles. The van der Waals surface area contributed by atoms with Gasteiger partial charge < -0.3 is 9.32 Å². The van der Waals surface area contributed by atoms with Gasteiger partial charge in [0.05, 0.1) is 0 Å². The van der Waals surface area contributed by atoms with Crippen LogP contribution in [0, 0.1) is 0 Å². The van der Waals surface area contributed by atoms with Gasteiger partial charge in [-0.25, -0.2) is 0 Å². The van der Waals surface area contributed by atoms with Crippen LogP contribution in [0.3, 0.4) is 0 Å². The highest BCUT2D eigenvalue weighted by Gasteiger charge is 2.17. The van der Waals surface area contributed by atoms with E-state index in [1.165, 1.54) is 43.8 Å². The Morgan fingerprint density at radius 2 is 0.870 bits per heavy atom. The van der Waals surface area contributed by atoms with E-state index in [0.717, 1.165) is 39.0 Å². The number of anilines is 3. The van der Waals surface area contributed by atoms with Crippen molar-refractivity contribution >= 4 is 60.5 Å². The van der Waals surface area contributed by atoms with Gasteiger partial charge in [0.2, 0.25) is 0 Å². The molecule has 1 heterocycles. The monoisotopic (exact) mass is 587 g/mol. The Labute approximate surface area is 267 Å². The Hall–Kier alpha value is -6.12. The fourth-order valence-corrected chi connectivity index (χ4v) is 6.82. The summed E-state index contributed by atoms with van der Waals surface area (Å²) in [5.74, 6) is 0. The molecule has 0 saturated carbocycles. The lowest BCUT2D eigenvalue weighted by atomic mass is 9.93. The number of fused-ring (bicyclic) bond motifs is 6. The number of furan rings is 1. The van der Waals surface area contributed by atoms with Gasteiger partial charge in [-0.3, -0.25) is 0 Å². The van der Waals surface area contributed by atoms with Crippen LogP contribution in [-0.4, -0.2) is 0 Å². The fourth-order valence-electron chi connectivity index (χ4n) is 6.82. The van der Waals surface area contributed by atoms with E-state index in [1.807, 2.05) is 12.1 Å². The topological polar surface area (TPSA) is 16.4 Å². The van der Waals surface area contributed by atoms with E-state index in [0.29, 0.717) is 0 Å². The van der Waals surface area contributed by atoms with Crippen molar-refractivity contribution in [2.24, 2.45) is 0 Å². The Bertz CT molecular complexity index is 2510. The molecule has 0 aliphatic rings. The minimum Gasteiger partial charge on any atom is -0.456 e. The standard InChI is InChI=1S/C44H29NO/c1-2-10-30(11-3-1)31-18-22-34(23-19-31)45(36-26-27-41-40-16-8-9-17-43(40)46-44(41)29-36)35-24-20-32(21-25-35)42-28-33-12-4-5-13-37(33)38-14-6-7-15-39(38)42/h1-29H. The summed E-state index contributed by atoms with van der Waals surface area (Å²) in [7, 11) is 0. The van der Waals surface area contributed by atoms with Gasteiger partial charge in [-0.2, -0.15) is 0 Å². The van der Waals surface area contributed by atoms with Crippen LogP contribution in [0.4, 0.5) is 17.1 Å². The van der Waals surface area contributed by atoms with E-state index >= 15 is 0 Å². The molecule has 0 atom stereocenters. The third kappa shape index (κ3) is 4.43. The maximum absolute atomic E-state index is 6.32. The smallest absolute Gasteiger partial charge is 0.137 e. The van der Waals surface area contributed by atoms with Crippen molar-refractivity contribution in [2.45, 2.75) is 0 Å². The lowest BCUT2D eigenvalue weighted by Gasteiger charge is -2.26. The number of benzene rings is 8. The molecule has 8 aromatic carbocycles. The summed E-state index contributed by atoms with van der Waals surface area (Å²) in [6.45, 7) is 0. The highest BCUT2D eigenvalue weighted by molar-refractivity contribution is 6.14. The predicted molar refractivity (Wildman–Crippen MR) is 194 cm³/mol. The summed E-state index contributed by atoms with van der Waals surface area (Å²) in [5, 5.41) is 7.33. The van der Waals surface area contributed by atoms with Crippen molar-refractivity contribution in [1.29, 1.82) is 0 Å². The molecule has 0 radical (unpaired) electrons. The zero-order valence-corrected chi connectivity index (χ0v) is 25.1. The summed E-state index contributed by atoms with van der Waals surface area (Å²) in [6.07, 6.45) is 0. The van der Waals surface area contributed by atoms with E-state index in [2.05, 4.69) is 169 Å². The Kier molecular flexibility index (Phi) is 6.17. The molecule has 9 rings (SSSR count). The first-order valence-electron chi connectivity index (χ1n) is 15.7. The van der Waals surface area contributed by atoms with Crippen LogP contribution in [0.15, 0.2) is 180 Å². The zero-order chi connectivity index (χ0) is 30.5. The van der Waals surface area contributed by atoms with E-state index in [9.17, 15) is 0 Å². The van der Waals surface area contributed by atoms with E-state index < -0.39 is 0 Å². The predicted octanol–water partition coefficient (Wildman–Crippen LogP) is 12.7. The Morgan fingerprint density at radius 1 is 0.326 bits per heavy atom. The number of rotatable bonds is 5. The van der Waals surface area contributed by atoms with E-state index in [-0.39, 0.29) is 0 Å². The van der Waals surface area contributed by atoms with Gasteiger partial charge in [0.25, 0.3) is 0 Å². The van der Waals surface area contributed by atoms with Gasteiger partial charge in [-0.05, 0) is 92.3 Å². The van der Waals surface area contributed by atoms with Crippen LogP contribution < -0.4 is 4.90 Å². The van der Waals surface area contributed by atoms with Crippen LogP contribution in [-0.2, 0) is 0 Å². The molecule has 9 aromatic rings. The third-order valence-electron chi connectivity index (χ3n) is 9.06. The zero-order valence-electron chi connectivity index (χ0n) is 25.1. The molecular weight excluding hydrogens is 558 g/mol. The molecule has 0 fully saturated rings. The quantitative estimate of drug-likeness (QED) is 0.186. The largest absolute Gasteiger partial charge is 0.456 e. The van der Waals surface area contributed by atoms with Gasteiger partial charge in [-0.15, -0.1) is 0 Å². The van der Waals surface area contributed by atoms with Crippen LogP contribution in [0.2, 0.25) is 0 Å². The Balaban J connectivity index is 1.18. The molecule has 2 heteroatoms.